The Morgan fingerprint density at radius 1 is 1.67 bits per heavy atom. The normalized spacial score (nSPS) is 21.7. The number of amides is 1. The molecule has 1 aliphatic heterocycles. The molecule has 2 heterocycles. The van der Waals surface area contributed by atoms with Gasteiger partial charge in [-0.1, -0.05) is 19.9 Å². The van der Waals surface area contributed by atoms with Crippen molar-refractivity contribution in [2.75, 3.05) is 19.6 Å². The van der Waals surface area contributed by atoms with Crippen molar-refractivity contribution in [2.45, 2.75) is 26.3 Å². The summed E-state index contributed by atoms with van der Waals surface area (Å²) in [6.07, 6.45) is 4.51. The maximum Gasteiger partial charge on any atom is 0.225 e. The van der Waals surface area contributed by atoms with Crippen molar-refractivity contribution in [1.82, 2.24) is 15.2 Å². The zero-order chi connectivity index (χ0) is 13.0. The lowest BCUT2D eigenvalue weighted by Gasteiger charge is -2.37. The summed E-state index contributed by atoms with van der Waals surface area (Å²) in [4.78, 5) is 18.5. The largest absolute Gasteiger partial charge is 0.333 e. The molecule has 1 aromatic rings. The highest BCUT2D eigenvalue weighted by atomic mass is 16.2. The fourth-order valence-electron chi connectivity index (χ4n) is 2.30. The highest BCUT2D eigenvalue weighted by Gasteiger charge is 2.29. The lowest BCUT2D eigenvalue weighted by atomic mass is 10.0. The van der Waals surface area contributed by atoms with Gasteiger partial charge in [0.15, 0.2) is 0 Å². The number of pyridine rings is 1. The second-order valence-electron chi connectivity index (χ2n) is 4.85. The van der Waals surface area contributed by atoms with Crippen molar-refractivity contribution in [3.63, 3.8) is 0 Å². The molecule has 2 rings (SSSR count). The van der Waals surface area contributed by atoms with E-state index in [-0.39, 0.29) is 17.9 Å². The molecule has 0 aliphatic carbocycles. The zero-order valence-electron chi connectivity index (χ0n) is 11.1. The molecule has 0 saturated carbocycles. The van der Waals surface area contributed by atoms with E-state index < -0.39 is 0 Å². The van der Waals surface area contributed by atoms with Crippen molar-refractivity contribution in [2.24, 2.45) is 5.92 Å². The number of rotatable bonds is 3. The Bertz CT molecular complexity index is 393. The molecule has 0 radical (unpaired) electrons. The predicted molar refractivity (Wildman–Crippen MR) is 71.0 cm³/mol. The number of hydrogen-bond acceptors (Lipinski definition) is 3. The molecule has 1 aromatic heterocycles. The third kappa shape index (κ3) is 2.70. The third-order valence-electron chi connectivity index (χ3n) is 3.63. The Hall–Kier alpha value is -1.42. The van der Waals surface area contributed by atoms with E-state index in [4.69, 9.17) is 0 Å². The van der Waals surface area contributed by atoms with Crippen LogP contribution in [0.1, 0.15) is 31.9 Å². The van der Waals surface area contributed by atoms with Gasteiger partial charge in [0.1, 0.15) is 0 Å². The molecule has 4 nitrogen and oxygen atoms in total. The van der Waals surface area contributed by atoms with Crippen LogP contribution in [0.15, 0.2) is 24.5 Å². The number of piperazine rings is 1. The second kappa shape index (κ2) is 5.96. The second-order valence-corrected chi connectivity index (χ2v) is 4.85. The van der Waals surface area contributed by atoms with Gasteiger partial charge in [0.2, 0.25) is 5.91 Å². The van der Waals surface area contributed by atoms with E-state index in [1.165, 1.54) is 0 Å². The minimum atomic E-state index is 0.0993. The zero-order valence-corrected chi connectivity index (χ0v) is 11.1. The third-order valence-corrected chi connectivity index (χ3v) is 3.63. The Morgan fingerprint density at radius 3 is 3.17 bits per heavy atom. The average Bonchev–Trinajstić information content (AvgIpc) is 2.46. The summed E-state index contributed by atoms with van der Waals surface area (Å²) in [5, 5.41) is 3.35. The molecule has 2 atom stereocenters. The van der Waals surface area contributed by atoms with Crippen LogP contribution in [0.2, 0.25) is 0 Å². The first kappa shape index (κ1) is 13.0. The highest BCUT2D eigenvalue weighted by Crippen LogP contribution is 2.23. The summed E-state index contributed by atoms with van der Waals surface area (Å²) in [6.45, 7) is 6.53. The Balaban J connectivity index is 2.19. The van der Waals surface area contributed by atoms with Crippen molar-refractivity contribution in [1.29, 1.82) is 0 Å². The molecule has 98 valence electrons. The van der Waals surface area contributed by atoms with Gasteiger partial charge in [0.05, 0.1) is 6.04 Å². The molecule has 1 amide bonds. The summed E-state index contributed by atoms with van der Waals surface area (Å²) in [6, 6.07) is 4.09. The molecule has 1 saturated heterocycles. The lowest BCUT2D eigenvalue weighted by molar-refractivity contribution is -0.138. The first-order valence-electron chi connectivity index (χ1n) is 6.65. The van der Waals surface area contributed by atoms with Gasteiger partial charge < -0.3 is 10.2 Å². The van der Waals surface area contributed by atoms with Gasteiger partial charge in [-0.3, -0.25) is 9.78 Å². The quantitative estimate of drug-likeness (QED) is 0.882. The molecule has 4 heteroatoms. The summed E-state index contributed by atoms with van der Waals surface area (Å²) in [7, 11) is 0. The number of nitrogens with zero attached hydrogens (tertiary/aromatic N) is 2. The average molecular weight is 247 g/mol. The molecule has 1 aliphatic rings. The van der Waals surface area contributed by atoms with Crippen molar-refractivity contribution in [3.05, 3.63) is 30.1 Å². The molecule has 0 bridgehead atoms. The molecular weight excluding hydrogens is 226 g/mol. The standard InChI is InChI=1S/C14H21N3O/c1-3-11(2)14(18)17-8-7-16-10-13(17)12-5-4-6-15-9-12/h4-6,9,11,13,16H,3,7-8,10H2,1-2H3. The topological polar surface area (TPSA) is 45.2 Å². The van der Waals surface area contributed by atoms with Crippen LogP contribution < -0.4 is 5.32 Å². The molecule has 0 spiro atoms. The molecule has 1 fully saturated rings. The SMILES string of the molecule is CCC(C)C(=O)N1CCNCC1c1cccnc1. The van der Waals surface area contributed by atoms with E-state index in [0.717, 1.165) is 31.6 Å². The van der Waals surface area contributed by atoms with Crippen LogP contribution in [0.3, 0.4) is 0 Å². The monoisotopic (exact) mass is 247 g/mol. The first-order chi connectivity index (χ1) is 8.74. The highest BCUT2D eigenvalue weighted by molar-refractivity contribution is 5.79. The predicted octanol–water partition coefficient (Wildman–Crippen LogP) is 1.60. The van der Waals surface area contributed by atoms with Gasteiger partial charge in [-0.05, 0) is 18.1 Å². The Kier molecular flexibility index (Phi) is 4.31. The van der Waals surface area contributed by atoms with Crippen molar-refractivity contribution in [3.8, 4) is 0 Å². The van der Waals surface area contributed by atoms with Crippen LogP contribution in [0.4, 0.5) is 0 Å². The van der Waals surface area contributed by atoms with Gasteiger partial charge in [0.25, 0.3) is 0 Å². The van der Waals surface area contributed by atoms with Crippen molar-refractivity contribution < 1.29 is 4.79 Å². The molecule has 18 heavy (non-hydrogen) atoms. The minimum absolute atomic E-state index is 0.0993. The van der Waals surface area contributed by atoms with Gasteiger partial charge in [-0.15, -0.1) is 0 Å². The number of carbonyl (C=O) groups is 1. The molecule has 1 N–H and O–H groups in total. The van der Waals surface area contributed by atoms with Gasteiger partial charge >= 0.3 is 0 Å². The van der Waals surface area contributed by atoms with Gasteiger partial charge in [-0.2, -0.15) is 0 Å². The first-order valence-corrected chi connectivity index (χ1v) is 6.65. The summed E-state index contributed by atoms with van der Waals surface area (Å²) >= 11 is 0. The number of aromatic nitrogens is 1. The number of carbonyl (C=O) groups excluding carboxylic acids is 1. The van der Waals surface area contributed by atoms with Crippen LogP contribution in [-0.2, 0) is 4.79 Å². The lowest BCUT2D eigenvalue weighted by Crippen LogP contribution is -2.50. The van der Waals surface area contributed by atoms with Crippen molar-refractivity contribution >= 4 is 5.91 Å². The number of nitrogens with one attached hydrogen (secondary N) is 1. The van der Waals surface area contributed by atoms with Crippen LogP contribution in [0.25, 0.3) is 0 Å². The smallest absolute Gasteiger partial charge is 0.225 e. The van der Waals surface area contributed by atoms with Crippen LogP contribution >= 0.6 is 0 Å². The molecule has 0 aromatic carbocycles. The van der Waals surface area contributed by atoms with E-state index in [1.54, 1.807) is 6.20 Å². The summed E-state index contributed by atoms with van der Waals surface area (Å²) in [5.74, 6) is 0.357. The summed E-state index contributed by atoms with van der Waals surface area (Å²) in [5.41, 5.74) is 1.11. The fourth-order valence-corrected chi connectivity index (χ4v) is 2.30. The Morgan fingerprint density at radius 2 is 2.50 bits per heavy atom. The maximum absolute atomic E-state index is 12.4. The van der Waals surface area contributed by atoms with Crippen LogP contribution in [0.5, 0.6) is 0 Å². The van der Waals surface area contributed by atoms with E-state index >= 15 is 0 Å². The van der Waals surface area contributed by atoms with Gasteiger partial charge in [-0.25, -0.2) is 0 Å². The van der Waals surface area contributed by atoms with E-state index in [0.29, 0.717) is 0 Å². The van der Waals surface area contributed by atoms with Gasteiger partial charge in [0, 0.05) is 37.9 Å². The maximum atomic E-state index is 12.4. The van der Waals surface area contributed by atoms with E-state index in [9.17, 15) is 4.79 Å². The van der Waals surface area contributed by atoms with E-state index in [1.807, 2.05) is 30.2 Å². The minimum Gasteiger partial charge on any atom is -0.333 e. The van der Waals surface area contributed by atoms with Crippen LogP contribution in [0, 0.1) is 5.92 Å². The number of hydrogen-bond donors (Lipinski definition) is 1. The van der Waals surface area contributed by atoms with Crippen LogP contribution in [-0.4, -0.2) is 35.4 Å². The molecular formula is C14H21N3O. The molecule has 2 unspecified atom stereocenters. The van der Waals surface area contributed by atoms with E-state index in [2.05, 4.69) is 17.2 Å². The summed E-state index contributed by atoms with van der Waals surface area (Å²) < 4.78 is 0. The Labute approximate surface area is 108 Å². The fraction of sp³-hybridized carbons (Fsp3) is 0.571.